The third kappa shape index (κ3) is 4.53. The van der Waals surface area contributed by atoms with Crippen LogP contribution in [0.15, 0.2) is 36.4 Å². The maximum atomic E-state index is 12.9. The lowest BCUT2D eigenvalue weighted by atomic mass is 10.1. The van der Waals surface area contributed by atoms with Crippen molar-refractivity contribution in [1.29, 1.82) is 0 Å². The molecule has 0 radical (unpaired) electrons. The third-order valence-corrected chi connectivity index (χ3v) is 4.74. The zero-order valence-electron chi connectivity index (χ0n) is 17.3. The van der Waals surface area contributed by atoms with Crippen molar-refractivity contribution in [3.8, 4) is 0 Å². The van der Waals surface area contributed by atoms with Gasteiger partial charge in [0.05, 0.1) is 24.5 Å². The molecule has 0 saturated carbocycles. The molecule has 0 aliphatic heterocycles. The number of carbonyl (C=O) groups excluding carboxylic acids is 2. The van der Waals surface area contributed by atoms with Crippen molar-refractivity contribution in [1.82, 2.24) is 4.57 Å². The van der Waals surface area contributed by atoms with Crippen molar-refractivity contribution < 1.29 is 19.1 Å². The number of nitrogens with zero attached hydrogens (tertiary/aromatic N) is 1. The highest BCUT2D eigenvalue weighted by molar-refractivity contribution is 5.96. The summed E-state index contributed by atoms with van der Waals surface area (Å²) in [5.41, 5.74) is 3.86. The minimum atomic E-state index is -0.574. The van der Waals surface area contributed by atoms with E-state index in [1.54, 1.807) is 13.8 Å². The number of ether oxygens (including phenoxy) is 2. The Morgan fingerprint density at radius 1 is 1.07 bits per heavy atom. The van der Waals surface area contributed by atoms with Crippen LogP contribution in [0.4, 0.5) is 0 Å². The van der Waals surface area contributed by atoms with E-state index in [4.69, 9.17) is 9.47 Å². The van der Waals surface area contributed by atoms with Gasteiger partial charge in [-0.1, -0.05) is 36.4 Å². The van der Waals surface area contributed by atoms with Crippen LogP contribution < -0.4 is 0 Å². The number of aromatic nitrogens is 1. The number of esters is 2. The normalized spacial score (nSPS) is 12.2. The summed E-state index contributed by atoms with van der Waals surface area (Å²) in [4.78, 5) is 25.5. The molecule has 2 aromatic rings. The molecule has 2 rings (SSSR count). The van der Waals surface area contributed by atoms with Gasteiger partial charge in [-0.3, -0.25) is 0 Å². The summed E-state index contributed by atoms with van der Waals surface area (Å²) in [6.45, 7) is 9.85. The highest BCUT2D eigenvalue weighted by Crippen LogP contribution is 2.30. The van der Waals surface area contributed by atoms with E-state index >= 15 is 0 Å². The summed E-state index contributed by atoms with van der Waals surface area (Å²) in [7, 11) is 0. The highest BCUT2D eigenvalue weighted by atomic mass is 16.5. The molecule has 5 heteroatoms. The van der Waals surface area contributed by atoms with Crippen LogP contribution in [0.1, 0.15) is 59.7 Å². The highest BCUT2D eigenvalue weighted by Gasteiger charge is 2.31. The fraction of sp³-hybridized carbons (Fsp3) is 0.391. The van der Waals surface area contributed by atoms with E-state index in [9.17, 15) is 9.59 Å². The van der Waals surface area contributed by atoms with Crippen LogP contribution >= 0.6 is 0 Å². The Balaban J connectivity index is 2.65. The van der Waals surface area contributed by atoms with Crippen molar-refractivity contribution in [2.45, 2.75) is 47.1 Å². The van der Waals surface area contributed by atoms with Crippen molar-refractivity contribution in [2.75, 3.05) is 13.2 Å². The molecule has 0 bridgehead atoms. The van der Waals surface area contributed by atoms with Gasteiger partial charge in [0.15, 0.2) is 0 Å². The predicted molar refractivity (Wildman–Crippen MR) is 110 cm³/mol. The number of carbonyl (C=O) groups is 2. The van der Waals surface area contributed by atoms with Crippen LogP contribution in [0.25, 0.3) is 6.08 Å². The van der Waals surface area contributed by atoms with Gasteiger partial charge in [-0.15, -0.1) is 0 Å². The minimum absolute atomic E-state index is 0.295. The molecule has 1 aromatic carbocycles. The molecule has 5 nitrogen and oxygen atoms in total. The zero-order valence-corrected chi connectivity index (χ0v) is 17.3. The lowest BCUT2D eigenvalue weighted by molar-refractivity contribution is -0.147. The summed E-state index contributed by atoms with van der Waals surface area (Å²) < 4.78 is 12.6. The number of hydrogen-bond donors (Lipinski definition) is 0. The first-order valence-electron chi connectivity index (χ1n) is 9.67. The van der Waals surface area contributed by atoms with E-state index < -0.39 is 6.04 Å². The van der Waals surface area contributed by atoms with Crippen LogP contribution in [0.2, 0.25) is 0 Å². The SMILES string of the molecule is C/C=C/c1c(C(=O)OCC)c(C)c(C)n1[C@@H](Cc1ccccc1)C(=O)OCC. The first-order chi connectivity index (χ1) is 13.5. The lowest BCUT2D eigenvalue weighted by Gasteiger charge is -2.22. The molecular weight excluding hydrogens is 354 g/mol. The monoisotopic (exact) mass is 383 g/mol. The summed E-state index contributed by atoms with van der Waals surface area (Å²) in [5, 5.41) is 0. The average Bonchev–Trinajstić information content (AvgIpc) is 2.92. The maximum absolute atomic E-state index is 12.9. The van der Waals surface area contributed by atoms with Gasteiger partial charge >= 0.3 is 11.9 Å². The Labute approximate surface area is 167 Å². The molecule has 1 heterocycles. The minimum Gasteiger partial charge on any atom is -0.464 e. The van der Waals surface area contributed by atoms with Crippen LogP contribution in [0.5, 0.6) is 0 Å². The Hall–Kier alpha value is -2.82. The Kier molecular flexibility index (Phi) is 7.61. The largest absolute Gasteiger partial charge is 0.464 e. The molecule has 0 amide bonds. The van der Waals surface area contributed by atoms with Gasteiger partial charge in [0.2, 0.25) is 0 Å². The van der Waals surface area contributed by atoms with Gasteiger partial charge in [-0.2, -0.15) is 0 Å². The lowest BCUT2D eigenvalue weighted by Crippen LogP contribution is -2.26. The summed E-state index contributed by atoms with van der Waals surface area (Å²) >= 11 is 0. The first kappa shape index (κ1) is 21.5. The molecule has 1 aromatic heterocycles. The van der Waals surface area contributed by atoms with Crippen LogP contribution in [-0.4, -0.2) is 29.7 Å². The second-order valence-electron chi connectivity index (χ2n) is 6.52. The Morgan fingerprint density at radius 3 is 2.29 bits per heavy atom. The van der Waals surface area contributed by atoms with E-state index in [0.717, 1.165) is 16.8 Å². The number of rotatable bonds is 8. The number of hydrogen-bond acceptors (Lipinski definition) is 4. The smallest absolute Gasteiger partial charge is 0.340 e. The standard InChI is InChI=1S/C23H29NO4/c1-6-12-19-21(23(26)28-8-3)16(4)17(5)24(19)20(22(25)27-7-2)15-18-13-10-9-11-14-18/h6,9-14,20H,7-8,15H2,1-5H3/b12-6+/t20-/m0/s1. The number of benzene rings is 1. The van der Waals surface area contributed by atoms with Gasteiger partial charge in [0.25, 0.3) is 0 Å². The first-order valence-corrected chi connectivity index (χ1v) is 9.67. The van der Waals surface area contributed by atoms with Crippen LogP contribution in [-0.2, 0) is 20.7 Å². The molecule has 0 unspecified atom stereocenters. The molecule has 28 heavy (non-hydrogen) atoms. The predicted octanol–water partition coefficient (Wildman–Crippen LogP) is 4.66. The van der Waals surface area contributed by atoms with Crippen molar-refractivity contribution in [3.05, 3.63) is 64.5 Å². The van der Waals surface area contributed by atoms with E-state index in [0.29, 0.717) is 30.9 Å². The second-order valence-corrected chi connectivity index (χ2v) is 6.52. The van der Waals surface area contributed by atoms with E-state index in [1.165, 1.54) is 0 Å². The van der Waals surface area contributed by atoms with Gasteiger partial charge in [-0.05, 0) is 51.8 Å². The molecule has 1 atom stereocenters. The topological polar surface area (TPSA) is 57.5 Å². The molecule has 0 aliphatic rings. The van der Waals surface area contributed by atoms with E-state index in [2.05, 4.69) is 0 Å². The van der Waals surface area contributed by atoms with Crippen molar-refractivity contribution >= 4 is 18.0 Å². The summed E-state index contributed by atoms with van der Waals surface area (Å²) in [6.07, 6.45) is 4.18. The third-order valence-electron chi connectivity index (χ3n) is 4.74. The molecule has 0 fully saturated rings. The summed E-state index contributed by atoms with van der Waals surface area (Å²) in [5.74, 6) is -0.692. The van der Waals surface area contributed by atoms with E-state index in [1.807, 2.05) is 67.8 Å². The molecule has 0 saturated heterocycles. The van der Waals surface area contributed by atoms with E-state index in [-0.39, 0.29) is 11.9 Å². The average molecular weight is 383 g/mol. The fourth-order valence-corrected chi connectivity index (χ4v) is 3.39. The van der Waals surface area contributed by atoms with Gasteiger partial charge in [0.1, 0.15) is 6.04 Å². The molecule has 150 valence electrons. The Bertz CT molecular complexity index is 849. The fourth-order valence-electron chi connectivity index (χ4n) is 3.39. The zero-order chi connectivity index (χ0) is 20.7. The second kappa shape index (κ2) is 9.93. The van der Waals surface area contributed by atoms with Gasteiger partial charge in [0, 0.05) is 12.1 Å². The van der Waals surface area contributed by atoms with Gasteiger partial charge in [-0.25, -0.2) is 9.59 Å². The molecular formula is C23H29NO4. The molecule has 0 N–H and O–H groups in total. The number of allylic oxidation sites excluding steroid dienone is 1. The van der Waals surface area contributed by atoms with Gasteiger partial charge < -0.3 is 14.0 Å². The molecule has 0 spiro atoms. The van der Waals surface area contributed by atoms with Crippen LogP contribution in [0, 0.1) is 13.8 Å². The Morgan fingerprint density at radius 2 is 1.71 bits per heavy atom. The van der Waals surface area contributed by atoms with Crippen molar-refractivity contribution in [2.24, 2.45) is 0 Å². The quantitative estimate of drug-likeness (QED) is 0.622. The summed E-state index contributed by atoms with van der Waals surface area (Å²) in [6, 6.07) is 9.23. The molecule has 0 aliphatic carbocycles. The van der Waals surface area contributed by atoms with Crippen molar-refractivity contribution in [3.63, 3.8) is 0 Å². The maximum Gasteiger partial charge on any atom is 0.340 e. The van der Waals surface area contributed by atoms with Crippen LogP contribution in [0.3, 0.4) is 0 Å².